The van der Waals surface area contributed by atoms with Crippen molar-refractivity contribution in [1.82, 2.24) is 19.5 Å². The molecule has 0 unspecified atom stereocenters. The zero-order chi connectivity index (χ0) is 21.0. The standard InChI is InChI=1S/C23H33N5O/c1-7-29-13-9-8-12-28-14-16(4)20-23(28)25-17(5)21(27-20)18-10-11-19(15(2)3)26-22(18)24-6/h10-11,14-15H,7-9,12-13H2,1-6H3,(H,24,26). The highest BCUT2D eigenvalue weighted by Crippen LogP contribution is 2.31. The van der Waals surface area contributed by atoms with Gasteiger partial charge in [0, 0.05) is 44.3 Å². The normalized spacial score (nSPS) is 11.6. The molecule has 0 amide bonds. The van der Waals surface area contributed by atoms with Crippen LogP contribution in [0.2, 0.25) is 0 Å². The number of aryl methyl sites for hydroxylation is 3. The SMILES string of the molecule is CCOCCCCn1cc(C)c2nc(-c3ccc(C(C)C)nc3NC)c(C)nc21. The van der Waals surface area contributed by atoms with E-state index in [-0.39, 0.29) is 0 Å². The number of ether oxygens (including phenoxy) is 1. The number of hydrogen-bond acceptors (Lipinski definition) is 5. The lowest BCUT2D eigenvalue weighted by molar-refractivity contribution is 0.142. The fourth-order valence-electron chi connectivity index (χ4n) is 3.56. The minimum absolute atomic E-state index is 0.379. The molecule has 0 bridgehead atoms. The van der Waals surface area contributed by atoms with E-state index in [0.29, 0.717) is 5.92 Å². The van der Waals surface area contributed by atoms with Gasteiger partial charge in [0.2, 0.25) is 0 Å². The Balaban J connectivity index is 1.95. The molecule has 3 aromatic rings. The second-order valence-electron chi connectivity index (χ2n) is 7.78. The molecular weight excluding hydrogens is 362 g/mol. The molecule has 0 saturated carbocycles. The van der Waals surface area contributed by atoms with E-state index in [1.165, 1.54) is 0 Å². The van der Waals surface area contributed by atoms with Crippen LogP contribution in [0.25, 0.3) is 22.4 Å². The zero-order valence-corrected chi connectivity index (χ0v) is 18.5. The van der Waals surface area contributed by atoms with Crippen LogP contribution >= 0.6 is 0 Å². The van der Waals surface area contributed by atoms with Gasteiger partial charge in [0.25, 0.3) is 0 Å². The van der Waals surface area contributed by atoms with Crippen molar-refractivity contribution in [1.29, 1.82) is 0 Å². The average molecular weight is 396 g/mol. The number of unbranched alkanes of at least 4 members (excludes halogenated alkanes) is 1. The Labute approximate surface area is 173 Å². The topological polar surface area (TPSA) is 64.9 Å². The predicted molar refractivity (Wildman–Crippen MR) is 120 cm³/mol. The third-order valence-corrected chi connectivity index (χ3v) is 5.19. The van der Waals surface area contributed by atoms with Crippen molar-refractivity contribution in [2.75, 3.05) is 25.6 Å². The summed E-state index contributed by atoms with van der Waals surface area (Å²) in [6, 6.07) is 4.19. The van der Waals surface area contributed by atoms with Crippen molar-refractivity contribution in [3.8, 4) is 11.3 Å². The van der Waals surface area contributed by atoms with E-state index in [2.05, 4.69) is 49.0 Å². The van der Waals surface area contributed by atoms with Gasteiger partial charge in [-0.3, -0.25) is 0 Å². The van der Waals surface area contributed by atoms with Crippen LogP contribution in [0.3, 0.4) is 0 Å². The first kappa shape index (κ1) is 21.2. The molecule has 1 N–H and O–H groups in total. The molecule has 3 heterocycles. The van der Waals surface area contributed by atoms with Crippen LogP contribution in [-0.2, 0) is 11.3 Å². The lowest BCUT2D eigenvalue weighted by Gasteiger charge is -2.13. The first-order valence-corrected chi connectivity index (χ1v) is 10.6. The molecule has 3 aromatic heterocycles. The molecule has 6 nitrogen and oxygen atoms in total. The fraction of sp³-hybridized carbons (Fsp3) is 0.522. The number of anilines is 1. The Morgan fingerprint density at radius 2 is 1.90 bits per heavy atom. The summed E-state index contributed by atoms with van der Waals surface area (Å²) in [5, 5.41) is 3.23. The highest BCUT2D eigenvalue weighted by Gasteiger charge is 2.17. The molecular formula is C23H33N5O. The summed E-state index contributed by atoms with van der Waals surface area (Å²) in [6.07, 6.45) is 4.28. The van der Waals surface area contributed by atoms with Crippen LogP contribution in [0, 0.1) is 13.8 Å². The van der Waals surface area contributed by atoms with E-state index in [1.54, 1.807) is 0 Å². The summed E-state index contributed by atoms with van der Waals surface area (Å²) in [5.41, 5.74) is 6.94. The summed E-state index contributed by atoms with van der Waals surface area (Å²) < 4.78 is 7.67. The number of pyridine rings is 1. The second kappa shape index (κ2) is 9.35. The van der Waals surface area contributed by atoms with E-state index in [4.69, 9.17) is 19.7 Å². The summed E-state index contributed by atoms with van der Waals surface area (Å²) in [5.74, 6) is 1.23. The fourth-order valence-corrected chi connectivity index (χ4v) is 3.56. The van der Waals surface area contributed by atoms with Crippen molar-refractivity contribution in [2.24, 2.45) is 0 Å². The third-order valence-electron chi connectivity index (χ3n) is 5.19. The van der Waals surface area contributed by atoms with Crippen molar-refractivity contribution in [3.63, 3.8) is 0 Å². The molecule has 0 spiro atoms. The Kier molecular flexibility index (Phi) is 6.85. The van der Waals surface area contributed by atoms with E-state index >= 15 is 0 Å². The van der Waals surface area contributed by atoms with Crippen LogP contribution < -0.4 is 5.32 Å². The van der Waals surface area contributed by atoms with Gasteiger partial charge in [0.15, 0.2) is 5.65 Å². The zero-order valence-electron chi connectivity index (χ0n) is 18.5. The highest BCUT2D eigenvalue weighted by atomic mass is 16.5. The molecule has 0 aliphatic heterocycles. The molecule has 0 aliphatic carbocycles. The van der Waals surface area contributed by atoms with Crippen LogP contribution in [0.15, 0.2) is 18.3 Å². The molecule has 0 radical (unpaired) electrons. The molecule has 0 aromatic carbocycles. The first-order valence-electron chi connectivity index (χ1n) is 10.6. The molecule has 0 aliphatic rings. The third kappa shape index (κ3) is 4.58. The Bertz CT molecular complexity index is 977. The van der Waals surface area contributed by atoms with Crippen LogP contribution in [0.4, 0.5) is 5.82 Å². The van der Waals surface area contributed by atoms with Crippen molar-refractivity contribution >= 4 is 17.0 Å². The number of nitrogens with one attached hydrogen (secondary N) is 1. The summed E-state index contributed by atoms with van der Waals surface area (Å²) in [4.78, 5) is 14.7. The van der Waals surface area contributed by atoms with Gasteiger partial charge >= 0.3 is 0 Å². The molecule has 3 rings (SSSR count). The average Bonchev–Trinajstić information content (AvgIpc) is 3.01. The number of nitrogens with zero attached hydrogens (tertiary/aromatic N) is 4. The van der Waals surface area contributed by atoms with Gasteiger partial charge in [-0.15, -0.1) is 0 Å². The van der Waals surface area contributed by atoms with E-state index in [1.807, 2.05) is 20.9 Å². The van der Waals surface area contributed by atoms with Crippen molar-refractivity contribution in [2.45, 2.75) is 59.9 Å². The molecule has 0 atom stereocenters. The van der Waals surface area contributed by atoms with Gasteiger partial charge in [-0.1, -0.05) is 13.8 Å². The number of aromatic nitrogens is 4. The van der Waals surface area contributed by atoms with E-state index in [0.717, 1.165) is 77.8 Å². The molecule has 0 saturated heterocycles. The van der Waals surface area contributed by atoms with Crippen LogP contribution in [0.5, 0.6) is 0 Å². The highest BCUT2D eigenvalue weighted by molar-refractivity contribution is 5.82. The van der Waals surface area contributed by atoms with Gasteiger partial charge in [-0.25, -0.2) is 15.0 Å². The lowest BCUT2D eigenvalue weighted by atomic mass is 10.1. The smallest absolute Gasteiger partial charge is 0.159 e. The maximum atomic E-state index is 5.44. The van der Waals surface area contributed by atoms with Gasteiger partial charge in [-0.2, -0.15) is 0 Å². The first-order chi connectivity index (χ1) is 14.0. The number of hydrogen-bond donors (Lipinski definition) is 1. The number of rotatable bonds is 9. The predicted octanol–water partition coefficient (Wildman–Crippen LogP) is 5.09. The van der Waals surface area contributed by atoms with Crippen molar-refractivity contribution < 1.29 is 4.74 Å². The number of fused-ring (bicyclic) bond motifs is 1. The van der Waals surface area contributed by atoms with Crippen molar-refractivity contribution in [3.05, 3.63) is 35.3 Å². The second-order valence-corrected chi connectivity index (χ2v) is 7.78. The Morgan fingerprint density at radius 1 is 1.10 bits per heavy atom. The summed E-state index contributed by atoms with van der Waals surface area (Å²) in [7, 11) is 1.90. The molecule has 6 heteroatoms. The lowest BCUT2D eigenvalue weighted by Crippen LogP contribution is -2.04. The minimum Gasteiger partial charge on any atom is -0.382 e. The largest absolute Gasteiger partial charge is 0.382 e. The van der Waals surface area contributed by atoms with Crippen LogP contribution in [0.1, 0.15) is 56.5 Å². The van der Waals surface area contributed by atoms with Gasteiger partial charge < -0.3 is 14.6 Å². The van der Waals surface area contributed by atoms with Gasteiger partial charge in [-0.05, 0) is 57.2 Å². The van der Waals surface area contributed by atoms with Gasteiger partial charge in [0.05, 0.1) is 11.4 Å². The summed E-state index contributed by atoms with van der Waals surface area (Å²) in [6.45, 7) is 13.0. The van der Waals surface area contributed by atoms with Crippen LogP contribution in [-0.4, -0.2) is 39.8 Å². The van der Waals surface area contributed by atoms with Gasteiger partial charge in [0.1, 0.15) is 11.3 Å². The molecule has 0 fully saturated rings. The molecule has 156 valence electrons. The Hall–Kier alpha value is -2.47. The summed E-state index contributed by atoms with van der Waals surface area (Å²) >= 11 is 0. The maximum Gasteiger partial charge on any atom is 0.159 e. The van der Waals surface area contributed by atoms with E-state index < -0.39 is 0 Å². The Morgan fingerprint density at radius 3 is 2.59 bits per heavy atom. The minimum atomic E-state index is 0.379. The monoisotopic (exact) mass is 395 g/mol. The molecule has 29 heavy (non-hydrogen) atoms. The quantitative estimate of drug-likeness (QED) is 0.511. The maximum absolute atomic E-state index is 5.44. The van der Waals surface area contributed by atoms with E-state index in [9.17, 15) is 0 Å².